The highest BCUT2D eigenvalue weighted by atomic mass is 35.5. The minimum absolute atomic E-state index is 0.0486. The average molecular weight is 329 g/mol. The summed E-state index contributed by atoms with van der Waals surface area (Å²) in [6.07, 6.45) is 1.81. The van der Waals surface area contributed by atoms with Crippen LogP contribution < -0.4 is 10.9 Å². The first-order chi connectivity index (χ1) is 11.0. The van der Waals surface area contributed by atoms with Crippen LogP contribution in [-0.4, -0.2) is 9.38 Å². The van der Waals surface area contributed by atoms with Crippen molar-refractivity contribution in [2.45, 2.75) is 26.4 Å². The third-order valence-corrected chi connectivity index (χ3v) is 4.28. The molecule has 1 aromatic carbocycles. The number of hydrogen-bond acceptors (Lipinski definition) is 2. The fourth-order valence-electron chi connectivity index (χ4n) is 2.63. The second-order valence-corrected chi connectivity index (χ2v) is 6.18. The van der Waals surface area contributed by atoms with Gasteiger partial charge in [0.2, 0.25) is 0 Å². The van der Waals surface area contributed by atoms with Gasteiger partial charge in [-0.3, -0.25) is 9.20 Å². The lowest BCUT2D eigenvalue weighted by Gasteiger charge is -2.12. The van der Waals surface area contributed by atoms with Crippen LogP contribution in [0.2, 0.25) is 5.02 Å². The van der Waals surface area contributed by atoms with Crippen molar-refractivity contribution in [3.63, 3.8) is 0 Å². The van der Waals surface area contributed by atoms with Crippen LogP contribution in [0.15, 0.2) is 53.5 Å². The van der Waals surface area contributed by atoms with Crippen LogP contribution in [0.5, 0.6) is 0 Å². The molecule has 0 amide bonds. The molecule has 118 valence electrons. The van der Waals surface area contributed by atoms with Crippen LogP contribution in [-0.2, 0) is 6.54 Å². The van der Waals surface area contributed by atoms with Crippen molar-refractivity contribution in [1.29, 1.82) is 0 Å². The lowest BCUT2D eigenvalue weighted by atomic mass is 10.1. The third kappa shape index (κ3) is 3.44. The Hall–Kier alpha value is -2.17. The molecule has 1 atom stereocenters. The van der Waals surface area contributed by atoms with E-state index in [1.165, 1.54) is 0 Å². The summed E-state index contributed by atoms with van der Waals surface area (Å²) in [6, 6.07) is 13.4. The van der Waals surface area contributed by atoms with Gasteiger partial charge in [0.1, 0.15) is 23.9 Å². The van der Waals surface area contributed by atoms with Crippen LogP contribution in [0.4, 0.5) is 0 Å². The number of halogens is 1. The first-order valence-corrected chi connectivity index (χ1v) is 7.99. The monoisotopic (exact) mass is 328 g/mol. The van der Waals surface area contributed by atoms with Crippen molar-refractivity contribution >= 4 is 17.2 Å². The largest absolute Gasteiger partial charge is 0.335 e. The predicted molar refractivity (Wildman–Crippen MR) is 91.7 cm³/mol. The molecule has 0 radical (unpaired) electrons. The molecule has 2 N–H and O–H groups in total. The van der Waals surface area contributed by atoms with Crippen molar-refractivity contribution in [3.05, 3.63) is 80.9 Å². The summed E-state index contributed by atoms with van der Waals surface area (Å²) in [6.45, 7) is 4.68. The van der Waals surface area contributed by atoms with E-state index in [2.05, 4.69) is 17.2 Å². The molecule has 0 fully saturated rings. The van der Waals surface area contributed by atoms with E-state index in [0.29, 0.717) is 12.2 Å². The molecule has 3 rings (SSSR count). The number of aryl methyl sites for hydroxylation is 1. The van der Waals surface area contributed by atoms with Gasteiger partial charge in [-0.15, -0.1) is 0 Å². The molecule has 3 aromatic rings. The van der Waals surface area contributed by atoms with E-state index in [4.69, 9.17) is 11.6 Å². The maximum Gasteiger partial charge on any atom is 0.258 e. The van der Waals surface area contributed by atoms with E-state index < -0.39 is 0 Å². The SMILES string of the molecule is Cc1ccc2nc(C[NH2+][C@H](C)c3ccccc3Cl)cc(=O)n2c1. The molecule has 0 aliphatic carbocycles. The van der Waals surface area contributed by atoms with Crippen molar-refractivity contribution in [2.75, 3.05) is 0 Å². The second kappa shape index (κ2) is 6.52. The van der Waals surface area contributed by atoms with Crippen LogP contribution in [0, 0.1) is 6.92 Å². The van der Waals surface area contributed by atoms with E-state index >= 15 is 0 Å². The fourth-order valence-corrected chi connectivity index (χ4v) is 2.94. The Morgan fingerprint density at radius 1 is 1.26 bits per heavy atom. The number of nitrogens with zero attached hydrogens (tertiary/aromatic N) is 2. The average Bonchev–Trinajstić information content (AvgIpc) is 2.54. The van der Waals surface area contributed by atoms with Crippen LogP contribution in [0.25, 0.3) is 5.65 Å². The Morgan fingerprint density at radius 2 is 2.04 bits per heavy atom. The Morgan fingerprint density at radius 3 is 2.83 bits per heavy atom. The summed E-state index contributed by atoms with van der Waals surface area (Å²) in [4.78, 5) is 16.8. The number of fused-ring (bicyclic) bond motifs is 1. The standard InChI is InChI=1S/C18H18ClN3O/c1-12-7-8-17-21-14(9-18(23)22(17)11-12)10-20-13(2)15-5-3-4-6-16(15)19/h3-9,11,13,20H,10H2,1-2H3/p+1/t13-/m1/s1. The fraction of sp³-hybridized carbons (Fsp3) is 0.222. The molecule has 5 heteroatoms. The molecular formula is C18H19ClN3O+. The first kappa shape index (κ1) is 15.7. The van der Waals surface area contributed by atoms with Gasteiger partial charge < -0.3 is 5.32 Å². The smallest absolute Gasteiger partial charge is 0.258 e. The molecular weight excluding hydrogens is 310 g/mol. The molecule has 23 heavy (non-hydrogen) atoms. The first-order valence-electron chi connectivity index (χ1n) is 7.61. The molecule has 2 heterocycles. The zero-order valence-corrected chi connectivity index (χ0v) is 13.9. The predicted octanol–water partition coefficient (Wildman–Crippen LogP) is 2.48. The van der Waals surface area contributed by atoms with Crippen molar-refractivity contribution in [2.24, 2.45) is 0 Å². The molecule has 0 aliphatic heterocycles. The van der Waals surface area contributed by atoms with Gasteiger partial charge in [-0.05, 0) is 31.5 Å². The molecule has 0 saturated heterocycles. The van der Waals surface area contributed by atoms with Gasteiger partial charge in [-0.25, -0.2) is 4.98 Å². The highest BCUT2D eigenvalue weighted by Gasteiger charge is 2.13. The van der Waals surface area contributed by atoms with Gasteiger partial charge in [-0.2, -0.15) is 0 Å². The summed E-state index contributed by atoms with van der Waals surface area (Å²) in [5.74, 6) is 0. The van der Waals surface area contributed by atoms with Crippen molar-refractivity contribution in [3.8, 4) is 0 Å². The van der Waals surface area contributed by atoms with E-state index in [1.807, 2.05) is 49.5 Å². The van der Waals surface area contributed by atoms with Crippen molar-refractivity contribution < 1.29 is 5.32 Å². The van der Waals surface area contributed by atoms with Crippen LogP contribution in [0.1, 0.15) is 29.8 Å². The normalized spacial score (nSPS) is 12.5. The number of nitrogens with two attached hydrogens (primary N) is 1. The third-order valence-electron chi connectivity index (χ3n) is 3.94. The van der Waals surface area contributed by atoms with E-state index in [0.717, 1.165) is 21.8 Å². The van der Waals surface area contributed by atoms with Gasteiger partial charge in [0.05, 0.1) is 0 Å². The summed E-state index contributed by atoms with van der Waals surface area (Å²) in [5, 5.41) is 2.89. The van der Waals surface area contributed by atoms with Gasteiger partial charge in [0.25, 0.3) is 5.56 Å². The van der Waals surface area contributed by atoms with Crippen LogP contribution >= 0.6 is 11.6 Å². The molecule has 0 bridgehead atoms. The van der Waals surface area contributed by atoms with Crippen LogP contribution in [0.3, 0.4) is 0 Å². The number of pyridine rings is 1. The maximum absolute atomic E-state index is 12.2. The van der Waals surface area contributed by atoms with E-state index in [-0.39, 0.29) is 11.6 Å². The quantitative estimate of drug-likeness (QED) is 0.800. The summed E-state index contributed by atoms with van der Waals surface area (Å²) >= 11 is 6.23. The zero-order chi connectivity index (χ0) is 16.4. The van der Waals surface area contributed by atoms with Gasteiger partial charge in [0.15, 0.2) is 0 Å². The summed E-state index contributed by atoms with van der Waals surface area (Å²) in [7, 11) is 0. The Balaban J connectivity index is 1.81. The summed E-state index contributed by atoms with van der Waals surface area (Å²) in [5.41, 5.74) is 3.53. The number of benzene rings is 1. The molecule has 2 aromatic heterocycles. The zero-order valence-electron chi connectivity index (χ0n) is 13.2. The second-order valence-electron chi connectivity index (χ2n) is 5.77. The maximum atomic E-state index is 12.2. The Labute approximate surface area is 139 Å². The highest BCUT2D eigenvalue weighted by Crippen LogP contribution is 2.19. The number of quaternary nitrogens is 1. The topological polar surface area (TPSA) is 51.0 Å². The van der Waals surface area contributed by atoms with Gasteiger partial charge >= 0.3 is 0 Å². The molecule has 4 nitrogen and oxygen atoms in total. The lowest BCUT2D eigenvalue weighted by Crippen LogP contribution is -2.83. The van der Waals surface area contributed by atoms with E-state index in [1.54, 1.807) is 10.5 Å². The molecule has 0 spiro atoms. The van der Waals surface area contributed by atoms with E-state index in [9.17, 15) is 4.79 Å². The lowest BCUT2D eigenvalue weighted by molar-refractivity contribution is -0.708. The highest BCUT2D eigenvalue weighted by molar-refractivity contribution is 6.31. The number of hydrogen-bond donors (Lipinski definition) is 1. The minimum Gasteiger partial charge on any atom is -0.335 e. The Kier molecular flexibility index (Phi) is 4.46. The Bertz CT molecular complexity index is 904. The minimum atomic E-state index is -0.0486. The van der Waals surface area contributed by atoms with Crippen molar-refractivity contribution in [1.82, 2.24) is 9.38 Å². The summed E-state index contributed by atoms with van der Waals surface area (Å²) < 4.78 is 1.58. The molecule has 0 saturated carbocycles. The number of rotatable bonds is 4. The van der Waals surface area contributed by atoms with Gasteiger partial charge in [0, 0.05) is 22.8 Å². The van der Waals surface area contributed by atoms with Gasteiger partial charge in [-0.1, -0.05) is 35.9 Å². The molecule has 0 unspecified atom stereocenters. The number of aromatic nitrogens is 2. The molecule has 0 aliphatic rings.